The van der Waals surface area contributed by atoms with E-state index in [9.17, 15) is 4.79 Å². The van der Waals surface area contributed by atoms with Gasteiger partial charge in [0.05, 0.1) is 0 Å². The SMILES string of the molecule is CCc1cc(N)ccc1C(=O)Nc1ccc(N)cc1. The average Bonchev–Trinajstić information content (AvgIpc) is 2.41. The lowest BCUT2D eigenvalue weighted by atomic mass is 10.0. The molecule has 0 radical (unpaired) electrons. The number of carbonyl (C=O) groups is 1. The van der Waals surface area contributed by atoms with Crippen LogP contribution in [0.4, 0.5) is 17.1 Å². The summed E-state index contributed by atoms with van der Waals surface area (Å²) in [5, 5.41) is 2.84. The van der Waals surface area contributed by atoms with Gasteiger partial charge in [-0.1, -0.05) is 6.92 Å². The van der Waals surface area contributed by atoms with Crippen LogP contribution in [0.5, 0.6) is 0 Å². The lowest BCUT2D eigenvalue weighted by Crippen LogP contribution is -2.14. The Bertz CT molecular complexity index is 591. The fourth-order valence-corrected chi connectivity index (χ4v) is 1.89. The number of hydrogen-bond acceptors (Lipinski definition) is 3. The van der Waals surface area contributed by atoms with E-state index in [-0.39, 0.29) is 5.91 Å². The summed E-state index contributed by atoms with van der Waals surface area (Å²) in [6, 6.07) is 12.4. The minimum absolute atomic E-state index is 0.137. The molecule has 0 saturated carbocycles. The van der Waals surface area contributed by atoms with Crippen LogP contribution in [0.3, 0.4) is 0 Å². The predicted molar refractivity (Wildman–Crippen MR) is 79.0 cm³/mol. The molecule has 0 unspecified atom stereocenters. The molecule has 0 bridgehead atoms. The van der Waals surface area contributed by atoms with Crippen molar-refractivity contribution in [1.82, 2.24) is 0 Å². The highest BCUT2D eigenvalue weighted by Crippen LogP contribution is 2.17. The van der Waals surface area contributed by atoms with Gasteiger partial charge in [0.2, 0.25) is 0 Å². The van der Waals surface area contributed by atoms with Gasteiger partial charge in [-0.15, -0.1) is 0 Å². The summed E-state index contributed by atoms with van der Waals surface area (Å²) in [5.41, 5.74) is 15.0. The molecule has 1 amide bonds. The van der Waals surface area contributed by atoms with Crippen LogP contribution in [0.25, 0.3) is 0 Å². The van der Waals surface area contributed by atoms with Crippen LogP contribution in [0.1, 0.15) is 22.8 Å². The fourth-order valence-electron chi connectivity index (χ4n) is 1.89. The molecule has 0 heterocycles. The molecule has 19 heavy (non-hydrogen) atoms. The summed E-state index contributed by atoms with van der Waals surface area (Å²) in [4.78, 5) is 12.2. The highest BCUT2D eigenvalue weighted by molar-refractivity contribution is 6.05. The van der Waals surface area contributed by atoms with Gasteiger partial charge in [0, 0.05) is 22.6 Å². The number of nitrogens with two attached hydrogens (primary N) is 2. The van der Waals surface area contributed by atoms with E-state index >= 15 is 0 Å². The molecule has 0 aliphatic rings. The molecular weight excluding hydrogens is 238 g/mol. The van der Waals surface area contributed by atoms with Gasteiger partial charge in [0.15, 0.2) is 0 Å². The lowest BCUT2D eigenvalue weighted by molar-refractivity contribution is 0.102. The van der Waals surface area contributed by atoms with Gasteiger partial charge in [-0.05, 0) is 54.4 Å². The molecule has 2 aromatic carbocycles. The molecular formula is C15H17N3O. The highest BCUT2D eigenvalue weighted by atomic mass is 16.1. The second-order valence-electron chi connectivity index (χ2n) is 4.35. The summed E-state index contributed by atoms with van der Waals surface area (Å²) < 4.78 is 0. The van der Waals surface area contributed by atoms with Gasteiger partial charge in [0.1, 0.15) is 0 Å². The van der Waals surface area contributed by atoms with E-state index in [1.165, 1.54) is 0 Å². The molecule has 0 spiro atoms. The van der Waals surface area contributed by atoms with Crippen molar-refractivity contribution in [2.24, 2.45) is 0 Å². The minimum atomic E-state index is -0.137. The average molecular weight is 255 g/mol. The maximum Gasteiger partial charge on any atom is 0.255 e. The van der Waals surface area contributed by atoms with E-state index < -0.39 is 0 Å². The Kier molecular flexibility index (Phi) is 3.71. The van der Waals surface area contributed by atoms with Crippen molar-refractivity contribution in [3.05, 3.63) is 53.6 Å². The molecule has 2 rings (SSSR count). The fraction of sp³-hybridized carbons (Fsp3) is 0.133. The number of carbonyl (C=O) groups excluding carboxylic acids is 1. The summed E-state index contributed by atoms with van der Waals surface area (Å²) >= 11 is 0. The first-order valence-electron chi connectivity index (χ1n) is 6.15. The molecule has 0 aliphatic carbocycles. The maximum atomic E-state index is 12.2. The van der Waals surface area contributed by atoms with Crippen molar-refractivity contribution in [2.45, 2.75) is 13.3 Å². The molecule has 2 aromatic rings. The zero-order valence-corrected chi connectivity index (χ0v) is 10.8. The van der Waals surface area contributed by atoms with Crippen molar-refractivity contribution in [1.29, 1.82) is 0 Å². The number of nitrogens with one attached hydrogen (secondary N) is 1. The van der Waals surface area contributed by atoms with Crippen LogP contribution >= 0.6 is 0 Å². The third kappa shape index (κ3) is 3.04. The second kappa shape index (κ2) is 5.44. The van der Waals surface area contributed by atoms with Crippen LogP contribution in [-0.4, -0.2) is 5.91 Å². The second-order valence-corrected chi connectivity index (χ2v) is 4.35. The number of aryl methyl sites for hydroxylation is 1. The number of anilines is 3. The monoisotopic (exact) mass is 255 g/mol. The largest absolute Gasteiger partial charge is 0.399 e. The standard InChI is InChI=1S/C15H17N3O/c1-2-10-9-12(17)5-8-14(10)15(19)18-13-6-3-11(16)4-7-13/h3-9H,2,16-17H2,1H3,(H,18,19). The first-order chi connectivity index (χ1) is 9.10. The summed E-state index contributed by atoms with van der Waals surface area (Å²) in [6.07, 6.45) is 0.759. The Hall–Kier alpha value is -2.49. The molecule has 98 valence electrons. The molecule has 0 saturated heterocycles. The number of amides is 1. The molecule has 5 N–H and O–H groups in total. The quantitative estimate of drug-likeness (QED) is 0.737. The van der Waals surface area contributed by atoms with Gasteiger partial charge in [-0.2, -0.15) is 0 Å². The Morgan fingerprint density at radius 2 is 1.68 bits per heavy atom. The number of hydrogen-bond donors (Lipinski definition) is 3. The zero-order valence-electron chi connectivity index (χ0n) is 10.8. The molecule has 0 aromatic heterocycles. The molecule has 4 nitrogen and oxygen atoms in total. The van der Waals surface area contributed by atoms with E-state index in [2.05, 4.69) is 5.32 Å². The Morgan fingerprint density at radius 1 is 1.05 bits per heavy atom. The van der Waals surface area contributed by atoms with Gasteiger partial charge in [-0.25, -0.2) is 0 Å². The van der Waals surface area contributed by atoms with Gasteiger partial charge in [-0.3, -0.25) is 4.79 Å². The van der Waals surface area contributed by atoms with Crippen molar-refractivity contribution >= 4 is 23.0 Å². The highest BCUT2D eigenvalue weighted by Gasteiger charge is 2.10. The summed E-state index contributed by atoms with van der Waals surface area (Å²) in [5.74, 6) is -0.137. The first-order valence-corrected chi connectivity index (χ1v) is 6.15. The smallest absolute Gasteiger partial charge is 0.255 e. The predicted octanol–water partition coefficient (Wildman–Crippen LogP) is 2.67. The lowest BCUT2D eigenvalue weighted by Gasteiger charge is -2.10. The molecule has 0 fully saturated rings. The number of nitrogen functional groups attached to an aromatic ring is 2. The third-order valence-corrected chi connectivity index (χ3v) is 2.92. The van der Waals surface area contributed by atoms with Gasteiger partial charge < -0.3 is 16.8 Å². The minimum Gasteiger partial charge on any atom is -0.399 e. The van der Waals surface area contributed by atoms with Crippen molar-refractivity contribution in [3.8, 4) is 0 Å². The Morgan fingerprint density at radius 3 is 2.32 bits per heavy atom. The van der Waals surface area contributed by atoms with Crippen LogP contribution in [0.2, 0.25) is 0 Å². The summed E-state index contributed by atoms with van der Waals surface area (Å²) in [6.45, 7) is 1.99. The van der Waals surface area contributed by atoms with E-state index in [4.69, 9.17) is 11.5 Å². The third-order valence-electron chi connectivity index (χ3n) is 2.92. The normalized spacial score (nSPS) is 10.2. The topological polar surface area (TPSA) is 81.1 Å². The Labute approximate surface area is 112 Å². The molecule has 4 heteroatoms. The zero-order chi connectivity index (χ0) is 13.8. The van der Waals surface area contributed by atoms with Crippen molar-refractivity contribution in [3.63, 3.8) is 0 Å². The Balaban J connectivity index is 2.22. The van der Waals surface area contributed by atoms with Crippen molar-refractivity contribution < 1.29 is 4.79 Å². The van der Waals surface area contributed by atoms with Crippen LogP contribution in [0, 0.1) is 0 Å². The van der Waals surface area contributed by atoms with E-state index in [1.807, 2.05) is 13.0 Å². The van der Waals surface area contributed by atoms with Crippen LogP contribution in [-0.2, 0) is 6.42 Å². The van der Waals surface area contributed by atoms with Crippen molar-refractivity contribution in [2.75, 3.05) is 16.8 Å². The number of rotatable bonds is 3. The van der Waals surface area contributed by atoms with Crippen LogP contribution in [0.15, 0.2) is 42.5 Å². The summed E-state index contributed by atoms with van der Waals surface area (Å²) in [7, 11) is 0. The van der Waals surface area contributed by atoms with E-state index in [0.717, 1.165) is 17.7 Å². The number of benzene rings is 2. The maximum absolute atomic E-state index is 12.2. The molecule has 0 atom stereocenters. The van der Waals surface area contributed by atoms with Crippen LogP contribution < -0.4 is 16.8 Å². The van der Waals surface area contributed by atoms with Gasteiger partial charge >= 0.3 is 0 Å². The first kappa shape index (κ1) is 13.0. The molecule has 0 aliphatic heterocycles. The van der Waals surface area contributed by atoms with Gasteiger partial charge in [0.25, 0.3) is 5.91 Å². The van der Waals surface area contributed by atoms with E-state index in [0.29, 0.717) is 16.9 Å². The van der Waals surface area contributed by atoms with E-state index in [1.54, 1.807) is 36.4 Å².